The van der Waals surface area contributed by atoms with E-state index in [-0.39, 0.29) is 0 Å². The molecule has 0 amide bonds. The number of fused-ring (bicyclic) bond motifs is 3. The fourth-order valence-corrected chi connectivity index (χ4v) is 2.54. The molecule has 3 aromatic rings. The third-order valence-corrected chi connectivity index (χ3v) is 3.42. The predicted molar refractivity (Wildman–Crippen MR) is 91.2 cm³/mol. The van der Waals surface area contributed by atoms with Crippen LogP contribution in [-0.4, -0.2) is 12.0 Å². The Kier molecular flexibility index (Phi) is 3.94. The Hall–Kier alpha value is -2.59. The van der Waals surface area contributed by atoms with Crippen LogP contribution >= 0.6 is 0 Å². The Morgan fingerprint density at radius 2 is 1.68 bits per heavy atom. The lowest BCUT2D eigenvalue weighted by Crippen LogP contribution is -2.32. The highest BCUT2D eigenvalue weighted by Crippen LogP contribution is 2.35. The van der Waals surface area contributed by atoms with E-state index >= 15 is 0 Å². The number of nitrogens with two attached hydrogens (primary N) is 1. The van der Waals surface area contributed by atoms with Gasteiger partial charge in [-0.25, -0.2) is 4.99 Å². The molecule has 0 fully saturated rings. The van der Waals surface area contributed by atoms with Crippen LogP contribution in [0.2, 0.25) is 0 Å². The Morgan fingerprint density at radius 3 is 2.45 bits per heavy atom. The van der Waals surface area contributed by atoms with E-state index in [1.54, 1.807) is 0 Å². The van der Waals surface area contributed by atoms with E-state index in [0.29, 0.717) is 0 Å². The number of benzene rings is 2. The van der Waals surface area contributed by atoms with Gasteiger partial charge in [-0.1, -0.05) is 56.3 Å². The molecular weight excluding hydrogens is 274 g/mol. The quantitative estimate of drug-likeness (QED) is 0.713. The van der Waals surface area contributed by atoms with Gasteiger partial charge in [-0.3, -0.25) is 5.73 Å². The molecule has 1 atom stereocenters. The molecule has 0 bridgehead atoms. The molecule has 2 heterocycles. The summed E-state index contributed by atoms with van der Waals surface area (Å²) in [6.07, 6.45) is -0.460. The van der Waals surface area contributed by atoms with Gasteiger partial charge < -0.3 is 9.73 Å². The minimum Gasteiger partial charge on any atom is -0.452 e. The van der Waals surface area contributed by atoms with Crippen LogP contribution in [0.5, 0.6) is 0 Å². The minimum absolute atomic E-state index is 0.460. The number of nitrogens with zero attached hydrogens (tertiary/aromatic N) is 1. The Morgan fingerprint density at radius 1 is 1.00 bits per heavy atom. The Bertz CT molecular complexity index is 806. The largest absolute Gasteiger partial charge is 0.452 e. The summed E-state index contributed by atoms with van der Waals surface area (Å²) in [5, 5.41) is 4.21. The van der Waals surface area contributed by atoms with Crippen LogP contribution < -0.4 is 11.1 Å². The number of hydrogen-bond donors (Lipinski definition) is 2. The Balaban J connectivity index is 0.000000693. The third kappa shape index (κ3) is 2.38. The van der Waals surface area contributed by atoms with Crippen LogP contribution in [0, 0.1) is 0 Å². The summed E-state index contributed by atoms with van der Waals surface area (Å²) in [7, 11) is 0. The smallest absolute Gasteiger partial charge is 0.177 e. The van der Waals surface area contributed by atoms with Crippen LogP contribution in [-0.2, 0) is 0 Å². The van der Waals surface area contributed by atoms with Crippen molar-refractivity contribution in [2.45, 2.75) is 20.1 Å². The van der Waals surface area contributed by atoms with Crippen LogP contribution in [0.15, 0.2) is 64.0 Å². The van der Waals surface area contributed by atoms with Crippen LogP contribution in [0.3, 0.4) is 0 Å². The van der Waals surface area contributed by atoms with E-state index in [0.717, 1.165) is 33.7 Å². The van der Waals surface area contributed by atoms with E-state index in [1.165, 1.54) is 0 Å². The van der Waals surface area contributed by atoms with E-state index in [1.807, 2.05) is 68.4 Å². The summed E-state index contributed by atoms with van der Waals surface area (Å²) in [4.78, 5) is 4.48. The molecule has 4 nitrogen and oxygen atoms in total. The molecule has 0 saturated heterocycles. The van der Waals surface area contributed by atoms with Gasteiger partial charge in [0, 0.05) is 10.9 Å². The highest BCUT2D eigenvalue weighted by atomic mass is 16.3. The number of furan rings is 1. The van der Waals surface area contributed by atoms with Gasteiger partial charge in [0.1, 0.15) is 11.3 Å². The van der Waals surface area contributed by atoms with Crippen molar-refractivity contribution in [1.29, 1.82) is 0 Å². The van der Waals surface area contributed by atoms with Crippen molar-refractivity contribution in [3.05, 3.63) is 65.9 Å². The van der Waals surface area contributed by atoms with Crippen molar-refractivity contribution < 1.29 is 4.42 Å². The van der Waals surface area contributed by atoms with Crippen molar-refractivity contribution in [3.63, 3.8) is 0 Å². The van der Waals surface area contributed by atoms with E-state index < -0.39 is 6.29 Å². The first-order valence-corrected chi connectivity index (χ1v) is 7.50. The third-order valence-electron chi connectivity index (χ3n) is 3.42. The molecule has 1 aromatic heterocycles. The maximum Gasteiger partial charge on any atom is 0.177 e. The molecule has 4 rings (SSSR count). The summed E-state index contributed by atoms with van der Waals surface area (Å²) in [5.41, 5.74) is 9.54. The molecule has 4 heteroatoms. The number of aliphatic imine (C=N–C) groups is 1. The highest BCUT2D eigenvalue weighted by molar-refractivity contribution is 6.18. The molecule has 0 radical (unpaired) electrons. The predicted octanol–water partition coefficient (Wildman–Crippen LogP) is 3.96. The highest BCUT2D eigenvalue weighted by Gasteiger charge is 2.25. The summed E-state index contributed by atoms with van der Waals surface area (Å²) in [6.45, 7) is 4.00. The van der Waals surface area contributed by atoms with Gasteiger partial charge in [-0.05, 0) is 12.1 Å². The Labute approximate surface area is 129 Å². The van der Waals surface area contributed by atoms with Gasteiger partial charge in [0.15, 0.2) is 12.0 Å². The van der Waals surface area contributed by atoms with Crippen LogP contribution in [0.1, 0.15) is 25.2 Å². The second-order valence-corrected chi connectivity index (χ2v) is 4.74. The van der Waals surface area contributed by atoms with Crippen LogP contribution in [0.4, 0.5) is 5.69 Å². The fraction of sp³-hybridized carbons (Fsp3) is 0.167. The van der Waals surface area contributed by atoms with Crippen molar-refractivity contribution in [2.24, 2.45) is 10.7 Å². The lowest BCUT2D eigenvalue weighted by molar-refractivity contribution is 0.599. The number of anilines is 1. The van der Waals surface area contributed by atoms with E-state index in [4.69, 9.17) is 10.2 Å². The first-order chi connectivity index (χ1) is 10.8. The zero-order chi connectivity index (χ0) is 15.5. The van der Waals surface area contributed by atoms with Gasteiger partial charge in [0.25, 0.3) is 0 Å². The second kappa shape index (κ2) is 6.03. The molecule has 1 aliphatic heterocycles. The van der Waals surface area contributed by atoms with Gasteiger partial charge >= 0.3 is 0 Å². The molecule has 0 saturated carbocycles. The zero-order valence-corrected chi connectivity index (χ0v) is 12.7. The van der Waals surface area contributed by atoms with Crippen molar-refractivity contribution in [3.8, 4) is 0 Å². The topological polar surface area (TPSA) is 63.5 Å². The van der Waals surface area contributed by atoms with Gasteiger partial charge in [0.2, 0.25) is 0 Å². The van der Waals surface area contributed by atoms with Gasteiger partial charge in [0.05, 0.1) is 5.69 Å². The molecule has 112 valence electrons. The van der Waals surface area contributed by atoms with Crippen LogP contribution in [0.25, 0.3) is 11.0 Å². The zero-order valence-electron chi connectivity index (χ0n) is 12.7. The average Bonchev–Trinajstić information content (AvgIpc) is 2.95. The first kappa shape index (κ1) is 14.4. The second-order valence-electron chi connectivity index (χ2n) is 4.74. The van der Waals surface area contributed by atoms with Crippen molar-refractivity contribution in [1.82, 2.24) is 0 Å². The van der Waals surface area contributed by atoms with Crippen molar-refractivity contribution >= 4 is 22.4 Å². The summed E-state index contributed by atoms with van der Waals surface area (Å²) >= 11 is 0. The fourth-order valence-electron chi connectivity index (χ4n) is 2.54. The molecule has 2 aromatic carbocycles. The molecule has 0 aliphatic carbocycles. The molecule has 22 heavy (non-hydrogen) atoms. The number of hydrogen-bond acceptors (Lipinski definition) is 4. The SMILES string of the molecule is CC.NC1N=C(c2ccccc2)c2oc3ccccc3c2N1. The lowest BCUT2D eigenvalue weighted by Gasteiger charge is -2.19. The maximum atomic E-state index is 5.99. The van der Waals surface area contributed by atoms with E-state index in [2.05, 4.69) is 10.3 Å². The summed E-state index contributed by atoms with van der Waals surface area (Å²) in [6, 6.07) is 17.9. The maximum absolute atomic E-state index is 5.99. The standard InChI is InChI=1S/C16H13N3O.C2H6/c17-16-18-13(10-6-2-1-3-7-10)15-14(19-16)11-8-4-5-9-12(11)20-15;1-2/h1-9,16,19H,17H2;1-2H3. The molecular formula is C18H19N3O. The molecule has 0 spiro atoms. The monoisotopic (exact) mass is 293 g/mol. The minimum atomic E-state index is -0.460. The van der Waals surface area contributed by atoms with Gasteiger partial charge in [-0.15, -0.1) is 0 Å². The average molecular weight is 293 g/mol. The van der Waals surface area contributed by atoms with Gasteiger partial charge in [-0.2, -0.15) is 0 Å². The van der Waals surface area contributed by atoms with Crippen molar-refractivity contribution in [2.75, 3.05) is 5.32 Å². The molecule has 1 aliphatic rings. The number of nitrogens with one attached hydrogen (secondary N) is 1. The normalized spacial score (nSPS) is 16.1. The molecule has 1 unspecified atom stereocenters. The summed E-state index contributed by atoms with van der Waals surface area (Å²) in [5.74, 6) is 0.749. The summed E-state index contributed by atoms with van der Waals surface area (Å²) < 4.78 is 5.96. The number of para-hydroxylation sites is 1. The first-order valence-electron chi connectivity index (χ1n) is 7.50. The van der Waals surface area contributed by atoms with E-state index in [9.17, 15) is 0 Å². The number of rotatable bonds is 1. The molecule has 3 N–H and O–H groups in total. The lowest BCUT2D eigenvalue weighted by atomic mass is 10.0.